The average Bonchev–Trinajstić information content (AvgIpc) is 2.72. The minimum atomic E-state index is 0.820. The van der Waals surface area contributed by atoms with Gasteiger partial charge in [-0.25, -0.2) is 4.99 Å². The Morgan fingerprint density at radius 1 is 0.762 bits per heavy atom. The van der Waals surface area contributed by atoms with Crippen molar-refractivity contribution < 1.29 is 0 Å². The molecule has 1 N–H and O–H groups in total. The van der Waals surface area contributed by atoms with Crippen LogP contribution in [0.1, 0.15) is 5.56 Å². The first kappa shape index (κ1) is 11.9. The van der Waals surface area contributed by atoms with Gasteiger partial charge < -0.3 is 5.32 Å². The number of fused-ring (bicyclic) bond motifs is 3. The zero-order valence-electron chi connectivity index (χ0n) is 11.3. The molecule has 3 heteroatoms. The Kier molecular flexibility index (Phi) is 2.75. The second-order valence-electron chi connectivity index (χ2n) is 4.89. The Labute approximate surface area is 123 Å². The third-order valence-electron chi connectivity index (χ3n) is 3.54. The second kappa shape index (κ2) is 4.87. The molecule has 0 unspecified atom stereocenters. The van der Waals surface area contributed by atoms with Crippen LogP contribution in [-0.4, -0.2) is 10.8 Å². The molecule has 2 heterocycles. The highest BCUT2D eigenvalue weighted by molar-refractivity contribution is 6.13. The van der Waals surface area contributed by atoms with E-state index in [0.717, 1.165) is 33.9 Å². The number of hydrogen-bond acceptors (Lipinski definition) is 3. The van der Waals surface area contributed by atoms with Crippen LogP contribution in [0, 0.1) is 0 Å². The molecule has 0 spiro atoms. The lowest BCUT2D eigenvalue weighted by Crippen LogP contribution is -2.13. The maximum atomic E-state index is 4.79. The molecule has 0 fully saturated rings. The van der Waals surface area contributed by atoms with Crippen molar-refractivity contribution in [2.75, 3.05) is 5.32 Å². The summed E-state index contributed by atoms with van der Waals surface area (Å²) in [6.07, 6.45) is 3.59. The number of nitrogens with zero attached hydrogens (tertiary/aromatic N) is 2. The van der Waals surface area contributed by atoms with Crippen molar-refractivity contribution in [3.8, 4) is 11.1 Å². The summed E-state index contributed by atoms with van der Waals surface area (Å²) < 4.78 is 0. The van der Waals surface area contributed by atoms with Crippen molar-refractivity contribution in [1.82, 2.24) is 4.98 Å². The molecular formula is C18H13N3. The first-order valence-electron chi connectivity index (χ1n) is 6.86. The summed E-state index contributed by atoms with van der Waals surface area (Å²) in [5.41, 5.74) is 5.30. The summed E-state index contributed by atoms with van der Waals surface area (Å²) in [5, 5.41) is 3.43. The summed E-state index contributed by atoms with van der Waals surface area (Å²) in [6, 6.07) is 20.4. The smallest absolute Gasteiger partial charge is 0.139 e. The fraction of sp³-hybridized carbons (Fsp3) is 0. The predicted molar refractivity (Wildman–Crippen MR) is 85.9 cm³/mol. The van der Waals surface area contributed by atoms with E-state index < -0.39 is 0 Å². The number of amidine groups is 1. The zero-order chi connectivity index (χ0) is 14.1. The molecule has 0 bridgehead atoms. The SMILES string of the molecule is c1cncc(C2=Nc3ccccc3-c3ccccc3N2)c1. The highest BCUT2D eigenvalue weighted by atomic mass is 15.0. The Hall–Kier alpha value is -2.94. The van der Waals surface area contributed by atoms with Gasteiger partial charge in [-0.05, 0) is 24.3 Å². The van der Waals surface area contributed by atoms with Gasteiger partial charge in [0.2, 0.25) is 0 Å². The monoisotopic (exact) mass is 271 g/mol. The Morgan fingerprint density at radius 2 is 1.57 bits per heavy atom. The largest absolute Gasteiger partial charge is 0.339 e. The Bertz CT molecular complexity index is 823. The Balaban J connectivity index is 1.96. The summed E-state index contributed by atoms with van der Waals surface area (Å²) in [4.78, 5) is 8.97. The van der Waals surface area contributed by atoms with E-state index in [2.05, 4.69) is 28.5 Å². The van der Waals surface area contributed by atoms with E-state index in [-0.39, 0.29) is 0 Å². The number of rotatable bonds is 1. The van der Waals surface area contributed by atoms with Gasteiger partial charge in [0, 0.05) is 34.8 Å². The van der Waals surface area contributed by atoms with E-state index in [0.29, 0.717) is 0 Å². The molecule has 0 radical (unpaired) electrons. The third-order valence-corrected chi connectivity index (χ3v) is 3.54. The minimum absolute atomic E-state index is 0.820. The molecule has 0 saturated carbocycles. The molecule has 0 aliphatic carbocycles. The number of nitrogens with one attached hydrogen (secondary N) is 1. The number of hydrogen-bond donors (Lipinski definition) is 1. The van der Waals surface area contributed by atoms with Gasteiger partial charge in [0.05, 0.1) is 5.69 Å². The summed E-state index contributed by atoms with van der Waals surface area (Å²) in [7, 11) is 0. The molecule has 21 heavy (non-hydrogen) atoms. The molecular weight excluding hydrogens is 258 g/mol. The van der Waals surface area contributed by atoms with E-state index in [1.807, 2.05) is 48.7 Å². The van der Waals surface area contributed by atoms with Gasteiger partial charge in [-0.1, -0.05) is 36.4 Å². The first-order valence-corrected chi connectivity index (χ1v) is 6.86. The van der Waals surface area contributed by atoms with Crippen molar-refractivity contribution in [3.05, 3.63) is 78.6 Å². The number of para-hydroxylation sites is 2. The standard InChI is InChI=1S/C18H13N3/c1-3-9-16-14(7-1)15-8-2-4-10-17(15)21-18(20-16)13-6-5-11-19-12-13/h1-12H,(H,20,21). The molecule has 1 aromatic heterocycles. The molecule has 3 aromatic rings. The summed E-state index contributed by atoms with van der Waals surface area (Å²) in [5.74, 6) is 0.820. The molecule has 1 aliphatic rings. The molecule has 3 nitrogen and oxygen atoms in total. The lowest BCUT2D eigenvalue weighted by molar-refractivity contribution is 1.31. The van der Waals surface area contributed by atoms with Crippen LogP contribution in [0.15, 0.2) is 78.0 Å². The summed E-state index contributed by atoms with van der Waals surface area (Å²) in [6.45, 7) is 0. The minimum Gasteiger partial charge on any atom is -0.339 e. The topological polar surface area (TPSA) is 37.3 Å². The normalized spacial score (nSPS) is 12.5. The zero-order valence-corrected chi connectivity index (χ0v) is 11.3. The van der Waals surface area contributed by atoms with Crippen LogP contribution in [-0.2, 0) is 0 Å². The van der Waals surface area contributed by atoms with Crippen LogP contribution in [0.2, 0.25) is 0 Å². The summed E-state index contributed by atoms with van der Waals surface area (Å²) >= 11 is 0. The molecule has 4 rings (SSSR count). The number of benzene rings is 2. The number of pyridine rings is 1. The lowest BCUT2D eigenvalue weighted by Gasteiger charge is -2.10. The van der Waals surface area contributed by atoms with Crippen LogP contribution in [0.4, 0.5) is 11.4 Å². The predicted octanol–water partition coefficient (Wildman–Crippen LogP) is 4.25. The van der Waals surface area contributed by atoms with Crippen molar-refractivity contribution >= 4 is 17.2 Å². The molecule has 100 valence electrons. The van der Waals surface area contributed by atoms with Crippen LogP contribution in [0.25, 0.3) is 11.1 Å². The third kappa shape index (κ3) is 2.09. The molecule has 1 aliphatic heterocycles. The van der Waals surface area contributed by atoms with E-state index in [1.165, 1.54) is 0 Å². The highest BCUT2D eigenvalue weighted by Crippen LogP contribution is 2.37. The maximum Gasteiger partial charge on any atom is 0.139 e. The van der Waals surface area contributed by atoms with Gasteiger partial charge in [0.15, 0.2) is 0 Å². The maximum absolute atomic E-state index is 4.79. The van der Waals surface area contributed by atoms with E-state index >= 15 is 0 Å². The first-order chi connectivity index (χ1) is 10.4. The van der Waals surface area contributed by atoms with Crippen LogP contribution < -0.4 is 5.32 Å². The van der Waals surface area contributed by atoms with Gasteiger partial charge in [0.1, 0.15) is 5.84 Å². The lowest BCUT2D eigenvalue weighted by atomic mass is 10.0. The second-order valence-corrected chi connectivity index (χ2v) is 4.89. The molecule has 0 amide bonds. The Morgan fingerprint density at radius 3 is 2.43 bits per heavy atom. The fourth-order valence-electron chi connectivity index (χ4n) is 2.54. The van der Waals surface area contributed by atoms with E-state index in [9.17, 15) is 0 Å². The van der Waals surface area contributed by atoms with Crippen molar-refractivity contribution in [3.63, 3.8) is 0 Å². The highest BCUT2D eigenvalue weighted by Gasteiger charge is 2.15. The molecule has 0 atom stereocenters. The van der Waals surface area contributed by atoms with Crippen LogP contribution in [0.5, 0.6) is 0 Å². The van der Waals surface area contributed by atoms with Crippen molar-refractivity contribution in [2.45, 2.75) is 0 Å². The van der Waals surface area contributed by atoms with E-state index in [1.54, 1.807) is 6.20 Å². The number of aromatic nitrogens is 1. The van der Waals surface area contributed by atoms with Gasteiger partial charge in [-0.3, -0.25) is 4.98 Å². The van der Waals surface area contributed by atoms with Crippen molar-refractivity contribution in [1.29, 1.82) is 0 Å². The van der Waals surface area contributed by atoms with Gasteiger partial charge in [0.25, 0.3) is 0 Å². The van der Waals surface area contributed by atoms with Gasteiger partial charge in [-0.2, -0.15) is 0 Å². The van der Waals surface area contributed by atoms with Crippen molar-refractivity contribution in [2.24, 2.45) is 4.99 Å². The van der Waals surface area contributed by atoms with E-state index in [4.69, 9.17) is 4.99 Å². The number of aliphatic imine (C=N–C) groups is 1. The quantitative estimate of drug-likeness (QED) is 0.718. The van der Waals surface area contributed by atoms with Crippen LogP contribution in [0.3, 0.4) is 0 Å². The van der Waals surface area contributed by atoms with Gasteiger partial charge in [-0.15, -0.1) is 0 Å². The number of anilines is 1. The molecule has 2 aromatic carbocycles. The average molecular weight is 271 g/mol. The molecule has 0 saturated heterocycles. The van der Waals surface area contributed by atoms with Gasteiger partial charge >= 0.3 is 0 Å². The van der Waals surface area contributed by atoms with Crippen LogP contribution >= 0.6 is 0 Å². The fourth-order valence-corrected chi connectivity index (χ4v) is 2.54.